The molecule has 0 unspecified atom stereocenters. The maximum absolute atomic E-state index is 11.8. The molecule has 18 heavy (non-hydrogen) atoms. The summed E-state index contributed by atoms with van der Waals surface area (Å²) in [4.78, 5) is 23.0. The first-order valence-electron chi connectivity index (χ1n) is 5.74. The van der Waals surface area contributed by atoms with Gasteiger partial charge in [0.15, 0.2) is 6.61 Å². The van der Waals surface area contributed by atoms with Gasteiger partial charge in [0.1, 0.15) is 5.75 Å². The third-order valence-corrected chi connectivity index (χ3v) is 3.48. The fraction of sp³-hybridized carbons (Fsp3) is 0.333. The van der Waals surface area contributed by atoms with Gasteiger partial charge in [-0.3, -0.25) is 15.0 Å². The first-order chi connectivity index (χ1) is 8.65. The molecule has 1 aliphatic carbocycles. The molecular formula is C12H13N3O3. The summed E-state index contributed by atoms with van der Waals surface area (Å²) >= 11 is 0. The summed E-state index contributed by atoms with van der Waals surface area (Å²) in [5, 5.41) is 2.73. The largest absolute Gasteiger partial charge is 0.482 e. The molecule has 0 radical (unpaired) electrons. The van der Waals surface area contributed by atoms with Gasteiger partial charge in [-0.2, -0.15) is 0 Å². The van der Waals surface area contributed by atoms with Crippen LogP contribution in [0.25, 0.3) is 0 Å². The van der Waals surface area contributed by atoms with Crippen LogP contribution in [0.15, 0.2) is 18.2 Å². The van der Waals surface area contributed by atoms with Gasteiger partial charge in [0, 0.05) is 0 Å². The number of fused-ring (bicyclic) bond motifs is 1. The summed E-state index contributed by atoms with van der Waals surface area (Å²) in [7, 11) is 0. The van der Waals surface area contributed by atoms with Gasteiger partial charge in [-0.15, -0.1) is 0 Å². The van der Waals surface area contributed by atoms with Gasteiger partial charge in [-0.1, -0.05) is 6.07 Å². The number of carbonyl (C=O) groups is 2. The molecule has 1 aromatic carbocycles. The van der Waals surface area contributed by atoms with Gasteiger partial charge in [-0.05, 0) is 30.5 Å². The Kier molecular flexibility index (Phi) is 2.27. The molecule has 94 valence electrons. The summed E-state index contributed by atoms with van der Waals surface area (Å²) in [6.45, 7) is 0.0285. The van der Waals surface area contributed by atoms with Crippen molar-refractivity contribution in [3.8, 4) is 5.75 Å². The summed E-state index contributed by atoms with van der Waals surface area (Å²) in [5.74, 6) is 5.45. The number of amides is 2. The molecule has 0 saturated heterocycles. The Labute approximate surface area is 103 Å². The number of hydrazine groups is 1. The normalized spacial score (nSPS) is 19.3. The second kappa shape index (κ2) is 3.71. The van der Waals surface area contributed by atoms with Gasteiger partial charge in [0.2, 0.25) is 5.91 Å². The highest BCUT2D eigenvalue weighted by molar-refractivity contribution is 5.96. The van der Waals surface area contributed by atoms with E-state index in [2.05, 4.69) is 10.7 Å². The maximum atomic E-state index is 11.8. The summed E-state index contributed by atoms with van der Waals surface area (Å²) in [5.41, 5.74) is 3.13. The number of nitrogens with one attached hydrogen (secondary N) is 2. The predicted molar refractivity (Wildman–Crippen MR) is 63.8 cm³/mol. The van der Waals surface area contributed by atoms with Crippen LogP contribution in [-0.4, -0.2) is 18.4 Å². The van der Waals surface area contributed by atoms with E-state index in [0.29, 0.717) is 11.4 Å². The van der Waals surface area contributed by atoms with E-state index in [9.17, 15) is 9.59 Å². The molecule has 6 heteroatoms. The van der Waals surface area contributed by atoms with E-state index in [4.69, 9.17) is 10.6 Å². The monoisotopic (exact) mass is 247 g/mol. The van der Waals surface area contributed by atoms with Crippen LogP contribution in [0.3, 0.4) is 0 Å². The lowest BCUT2D eigenvalue weighted by atomic mass is 9.94. The van der Waals surface area contributed by atoms with Crippen LogP contribution in [0, 0.1) is 0 Å². The van der Waals surface area contributed by atoms with Crippen LogP contribution < -0.4 is 21.3 Å². The number of nitrogens with two attached hydrogens (primary N) is 1. The van der Waals surface area contributed by atoms with E-state index in [1.165, 1.54) is 0 Å². The van der Waals surface area contributed by atoms with Gasteiger partial charge in [0.05, 0.1) is 11.1 Å². The van der Waals surface area contributed by atoms with E-state index >= 15 is 0 Å². The SMILES string of the molecule is NNC(=O)C1(c2ccc3c(c2)NC(=O)CO3)CC1. The third-order valence-electron chi connectivity index (χ3n) is 3.48. The smallest absolute Gasteiger partial charge is 0.262 e. The molecular weight excluding hydrogens is 234 g/mol. The predicted octanol–water partition coefficient (Wildman–Crippen LogP) is 0.0390. The Balaban J connectivity index is 1.98. The highest BCUT2D eigenvalue weighted by Crippen LogP contribution is 2.49. The van der Waals surface area contributed by atoms with E-state index in [1.54, 1.807) is 12.1 Å². The zero-order valence-electron chi connectivity index (χ0n) is 9.66. The quantitative estimate of drug-likeness (QED) is 0.391. The first kappa shape index (κ1) is 11.0. The molecule has 0 atom stereocenters. The molecule has 0 aromatic heterocycles. The van der Waals surface area contributed by atoms with E-state index < -0.39 is 5.41 Å². The molecule has 2 aliphatic rings. The van der Waals surface area contributed by atoms with E-state index in [0.717, 1.165) is 18.4 Å². The van der Waals surface area contributed by atoms with Crippen LogP contribution in [0.1, 0.15) is 18.4 Å². The molecule has 1 aromatic rings. The molecule has 4 N–H and O–H groups in total. The standard InChI is InChI=1S/C12H13N3O3/c13-15-11(17)12(3-4-12)7-1-2-9-8(5-7)14-10(16)6-18-9/h1-2,5H,3-4,6,13H2,(H,14,16)(H,15,17). The van der Waals surface area contributed by atoms with Gasteiger partial charge < -0.3 is 10.1 Å². The Morgan fingerprint density at radius 1 is 1.44 bits per heavy atom. The van der Waals surface area contributed by atoms with Crippen molar-refractivity contribution in [1.82, 2.24) is 5.43 Å². The van der Waals surface area contributed by atoms with Crippen molar-refractivity contribution in [2.24, 2.45) is 5.84 Å². The second-order valence-corrected chi connectivity index (χ2v) is 4.60. The topological polar surface area (TPSA) is 93.5 Å². The fourth-order valence-electron chi connectivity index (χ4n) is 2.29. The van der Waals surface area contributed by atoms with Crippen molar-refractivity contribution in [2.45, 2.75) is 18.3 Å². The molecule has 2 amide bonds. The van der Waals surface area contributed by atoms with Crippen molar-refractivity contribution in [3.63, 3.8) is 0 Å². The lowest BCUT2D eigenvalue weighted by molar-refractivity contribution is -0.123. The Morgan fingerprint density at radius 3 is 2.89 bits per heavy atom. The molecule has 1 heterocycles. The average Bonchev–Trinajstić information content (AvgIpc) is 3.18. The Hall–Kier alpha value is -2.08. The lowest BCUT2D eigenvalue weighted by Crippen LogP contribution is -2.39. The van der Waals surface area contributed by atoms with Gasteiger partial charge in [0.25, 0.3) is 5.91 Å². The summed E-state index contributed by atoms with van der Waals surface area (Å²) < 4.78 is 5.27. The van der Waals surface area contributed by atoms with Crippen molar-refractivity contribution < 1.29 is 14.3 Å². The third kappa shape index (κ3) is 1.53. The van der Waals surface area contributed by atoms with E-state index in [-0.39, 0.29) is 18.4 Å². The number of hydrogen-bond donors (Lipinski definition) is 3. The molecule has 0 spiro atoms. The van der Waals surface area contributed by atoms with Crippen molar-refractivity contribution in [3.05, 3.63) is 23.8 Å². The molecule has 6 nitrogen and oxygen atoms in total. The number of rotatable bonds is 2. The zero-order chi connectivity index (χ0) is 12.8. The molecule has 0 bridgehead atoms. The molecule has 1 saturated carbocycles. The number of hydrogen-bond acceptors (Lipinski definition) is 4. The minimum atomic E-state index is -0.536. The average molecular weight is 247 g/mol. The number of benzene rings is 1. The minimum Gasteiger partial charge on any atom is -0.482 e. The van der Waals surface area contributed by atoms with E-state index in [1.807, 2.05) is 6.07 Å². The Morgan fingerprint density at radius 2 is 2.22 bits per heavy atom. The summed E-state index contributed by atoms with van der Waals surface area (Å²) in [6.07, 6.45) is 1.53. The molecule has 1 fully saturated rings. The van der Waals surface area contributed by atoms with Crippen LogP contribution in [0.2, 0.25) is 0 Å². The highest BCUT2D eigenvalue weighted by atomic mass is 16.5. The molecule has 1 aliphatic heterocycles. The zero-order valence-corrected chi connectivity index (χ0v) is 9.66. The van der Waals surface area contributed by atoms with Crippen molar-refractivity contribution >= 4 is 17.5 Å². The van der Waals surface area contributed by atoms with Gasteiger partial charge >= 0.3 is 0 Å². The van der Waals surface area contributed by atoms with Gasteiger partial charge in [-0.25, -0.2) is 5.84 Å². The fourth-order valence-corrected chi connectivity index (χ4v) is 2.29. The maximum Gasteiger partial charge on any atom is 0.262 e. The lowest BCUT2D eigenvalue weighted by Gasteiger charge is -2.21. The minimum absolute atomic E-state index is 0.0285. The van der Waals surface area contributed by atoms with Crippen LogP contribution >= 0.6 is 0 Å². The highest BCUT2D eigenvalue weighted by Gasteiger charge is 2.51. The number of anilines is 1. The van der Waals surface area contributed by atoms with Crippen LogP contribution in [0.4, 0.5) is 5.69 Å². The van der Waals surface area contributed by atoms with Crippen molar-refractivity contribution in [2.75, 3.05) is 11.9 Å². The van der Waals surface area contributed by atoms with Crippen molar-refractivity contribution in [1.29, 1.82) is 0 Å². The Bertz CT molecular complexity index is 537. The van der Waals surface area contributed by atoms with Crippen LogP contribution in [0.5, 0.6) is 5.75 Å². The number of carbonyl (C=O) groups excluding carboxylic acids is 2. The molecule has 3 rings (SSSR count). The number of ether oxygens (including phenoxy) is 1. The van der Waals surface area contributed by atoms with Crippen LogP contribution in [-0.2, 0) is 15.0 Å². The first-order valence-corrected chi connectivity index (χ1v) is 5.74. The summed E-state index contributed by atoms with van der Waals surface area (Å²) in [6, 6.07) is 5.40. The second-order valence-electron chi connectivity index (χ2n) is 4.60.